The van der Waals surface area contributed by atoms with E-state index in [9.17, 15) is 0 Å². The van der Waals surface area contributed by atoms with E-state index in [0.29, 0.717) is 0 Å². The van der Waals surface area contributed by atoms with Crippen molar-refractivity contribution in [3.05, 3.63) is 297 Å². The Morgan fingerprint density at radius 3 is 1.00 bits per heavy atom. The minimum Gasteiger partial charge on any atom is -0.310 e. The van der Waals surface area contributed by atoms with Crippen molar-refractivity contribution >= 4 is 120 Å². The van der Waals surface area contributed by atoms with Gasteiger partial charge in [0.25, 0.3) is 6.71 Å². The highest BCUT2D eigenvalue weighted by Crippen LogP contribution is 2.54. The zero-order valence-corrected chi connectivity index (χ0v) is 50.1. The summed E-state index contributed by atoms with van der Waals surface area (Å²) >= 11 is 3.80. The normalized spacial score (nSPS) is 12.7. The summed E-state index contributed by atoms with van der Waals surface area (Å²) in [6.45, 7) is 6.94. The molecular formula is C82H57BN2S2. The molecule has 17 rings (SSSR count). The fraction of sp³-hybridized carbons (Fsp3) is 0.0488. The van der Waals surface area contributed by atoms with E-state index in [-0.39, 0.29) is 12.1 Å². The van der Waals surface area contributed by atoms with Crippen LogP contribution in [0.1, 0.15) is 26.3 Å². The molecule has 2 aliphatic heterocycles. The van der Waals surface area contributed by atoms with Gasteiger partial charge in [-0.15, -0.1) is 22.7 Å². The molecule has 0 unspecified atom stereocenters. The molecule has 0 saturated heterocycles. The van der Waals surface area contributed by atoms with Crippen molar-refractivity contribution in [3.8, 4) is 66.8 Å². The van der Waals surface area contributed by atoms with Gasteiger partial charge >= 0.3 is 0 Å². The van der Waals surface area contributed by atoms with Gasteiger partial charge in [0, 0.05) is 85.3 Å². The molecule has 0 saturated carbocycles. The predicted molar refractivity (Wildman–Crippen MR) is 378 cm³/mol. The maximum absolute atomic E-state index is 2.68. The molecule has 5 heteroatoms. The molecule has 0 aliphatic carbocycles. The van der Waals surface area contributed by atoms with E-state index < -0.39 is 0 Å². The van der Waals surface area contributed by atoms with E-state index in [1.54, 1.807) is 0 Å². The summed E-state index contributed by atoms with van der Waals surface area (Å²) < 4.78 is 5.22. The Balaban J connectivity index is 1.04. The van der Waals surface area contributed by atoms with Crippen LogP contribution in [0.15, 0.2) is 291 Å². The largest absolute Gasteiger partial charge is 0.310 e. The second-order valence-corrected chi connectivity index (χ2v) is 26.4. The summed E-state index contributed by atoms with van der Waals surface area (Å²) in [7, 11) is 0. The van der Waals surface area contributed by atoms with Crippen molar-refractivity contribution in [3.63, 3.8) is 0 Å². The van der Waals surface area contributed by atoms with Crippen LogP contribution in [0.5, 0.6) is 0 Å². The molecule has 0 radical (unpaired) electrons. The van der Waals surface area contributed by atoms with Crippen molar-refractivity contribution in [2.75, 3.05) is 9.80 Å². The molecule has 0 amide bonds. The van der Waals surface area contributed by atoms with Crippen molar-refractivity contribution in [1.82, 2.24) is 0 Å². The molecular weight excluding hydrogens is 1090 g/mol. The molecule has 0 fully saturated rings. The van der Waals surface area contributed by atoms with Gasteiger partial charge in [0.2, 0.25) is 0 Å². The predicted octanol–water partition coefficient (Wildman–Crippen LogP) is 21.8. The van der Waals surface area contributed by atoms with Crippen LogP contribution in [-0.2, 0) is 5.41 Å². The quantitative estimate of drug-likeness (QED) is 0.140. The number of para-hydroxylation sites is 2. The summed E-state index contributed by atoms with van der Waals surface area (Å²) in [5.74, 6) is 0. The first kappa shape index (κ1) is 51.4. The lowest BCUT2D eigenvalue weighted by Crippen LogP contribution is -2.61. The number of anilines is 6. The molecule has 2 aliphatic rings. The molecule has 0 bridgehead atoms. The number of rotatable bonds is 8. The number of nitrogens with zero attached hydrogens (tertiary/aromatic N) is 2. The molecule has 2 nitrogen and oxygen atoms in total. The molecule has 0 atom stereocenters. The van der Waals surface area contributed by atoms with Gasteiger partial charge in [0.15, 0.2) is 0 Å². The molecule has 15 aromatic rings. The molecule has 410 valence electrons. The summed E-state index contributed by atoms with van der Waals surface area (Å²) in [5, 5.41) is 5.19. The monoisotopic (exact) mass is 1140 g/mol. The highest BCUT2D eigenvalue weighted by molar-refractivity contribution is 7.26. The molecule has 13 aromatic carbocycles. The van der Waals surface area contributed by atoms with Crippen molar-refractivity contribution < 1.29 is 0 Å². The third-order valence-electron chi connectivity index (χ3n) is 18.2. The number of hydrogen-bond donors (Lipinski definition) is 0. The van der Waals surface area contributed by atoms with E-state index in [1.165, 1.54) is 152 Å². The average Bonchev–Trinajstić information content (AvgIpc) is 1.35. The van der Waals surface area contributed by atoms with E-state index in [4.69, 9.17) is 0 Å². The van der Waals surface area contributed by atoms with Crippen LogP contribution in [0.25, 0.3) is 107 Å². The summed E-state index contributed by atoms with van der Waals surface area (Å²) in [5.41, 5.74) is 26.1. The van der Waals surface area contributed by atoms with Gasteiger partial charge in [-0.25, -0.2) is 0 Å². The Morgan fingerprint density at radius 2 is 0.621 bits per heavy atom. The average molecular weight is 1150 g/mol. The van der Waals surface area contributed by atoms with Gasteiger partial charge < -0.3 is 9.80 Å². The first-order valence-corrected chi connectivity index (χ1v) is 31.8. The van der Waals surface area contributed by atoms with E-state index in [1.807, 2.05) is 22.7 Å². The highest BCUT2D eigenvalue weighted by Gasteiger charge is 2.46. The van der Waals surface area contributed by atoms with E-state index in [0.717, 1.165) is 11.4 Å². The fourth-order valence-corrected chi connectivity index (χ4v) is 16.7. The minimum absolute atomic E-state index is 0.197. The van der Waals surface area contributed by atoms with Gasteiger partial charge in [-0.05, 0) is 108 Å². The Hall–Kier alpha value is -10.0. The second-order valence-electron chi connectivity index (χ2n) is 24.3. The van der Waals surface area contributed by atoms with Gasteiger partial charge in [-0.3, -0.25) is 0 Å². The first-order chi connectivity index (χ1) is 42.8. The Bertz CT molecular complexity index is 4780. The maximum atomic E-state index is 2.68. The van der Waals surface area contributed by atoms with Crippen molar-refractivity contribution in [2.24, 2.45) is 0 Å². The number of thiophene rings is 2. The van der Waals surface area contributed by atoms with E-state index in [2.05, 4.69) is 322 Å². The zero-order chi connectivity index (χ0) is 57.9. The number of benzene rings is 13. The summed E-state index contributed by atoms with van der Waals surface area (Å²) in [4.78, 5) is 5.36. The van der Waals surface area contributed by atoms with Crippen LogP contribution in [0.4, 0.5) is 34.1 Å². The molecule has 0 N–H and O–H groups in total. The van der Waals surface area contributed by atoms with Crippen LogP contribution in [-0.4, -0.2) is 6.71 Å². The highest BCUT2D eigenvalue weighted by atomic mass is 32.1. The standard InChI is InChI=1S/C82H57BN2S2/c1-82(2,3)58-50-73-77-74(51-58)85(79-61(54-28-12-6-13-29-54)36-21-37-62(79)55-30-14-7-15-31-55)72-47-45-57(64-39-23-41-68-66-33-17-19-43-76(66)87-81(64)68)49-70(72)83(77)69-48-56(63-38-22-40-67-65-32-16-18-42-75(65)86-80(63)67)44-46-71(69)84(73)78-59(52-24-8-4-9-25-52)34-20-35-60(78)53-26-10-5-11-27-53/h4-51H,1-3H3. The zero-order valence-electron chi connectivity index (χ0n) is 48.5. The van der Waals surface area contributed by atoms with Crippen LogP contribution in [0.3, 0.4) is 0 Å². The number of fused-ring (bicyclic) bond motifs is 10. The second kappa shape index (κ2) is 20.3. The Labute approximate surface area is 516 Å². The van der Waals surface area contributed by atoms with Crippen LogP contribution in [0, 0.1) is 0 Å². The lowest BCUT2D eigenvalue weighted by atomic mass is 9.33. The molecule has 87 heavy (non-hydrogen) atoms. The molecule has 0 spiro atoms. The van der Waals surface area contributed by atoms with Crippen molar-refractivity contribution in [2.45, 2.75) is 26.2 Å². The molecule has 2 aromatic heterocycles. The topological polar surface area (TPSA) is 6.48 Å². The Kier molecular flexibility index (Phi) is 12.0. The minimum atomic E-state index is -0.249. The summed E-state index contributed by atoms with van der Waals surface area (Å²) in [6, 6.07) is 110. The van der Waals surface area contributed by atoms with Crippen LogP contribution >= 0.6 is 22.7 Å². The Morgan fingerprint density at radius 1 is 0.287 bits per heavy atom. The first-order valence-electron chi connectivity index (χ1n) is 30.2. The maximum Gasteiger partial charge on any atom is 0.252 e. The van der Waals surface area contributed by atoms with Gasteiger partial charge in [0.05, 0.1) is 11.4 Å². The lowest BCUT2D eigenvalue weighted by molar-refractivity contribution is 0.590. The number of hydrogen-bond acceptors (Lipinski definition) is 4. The van der Waals surface area contributed by atoms with Crippen molar-refractivity contribution in [1.29, 1.82) is 0 Å². The smallest absolute Gasteiger partial charge is 0.252 e. The third kappa shape index (κ3) is 8.29. The SMILES string of the molecule is CC(C)(C)c1cc2c3c(c1)N(c1c(-c4ccccc4)cccc1-c1ccccc1)c1ccc(-c4cccc5c4sc4ccccc45)cc1B3c1cc(-c3cccc4c3sc3ccccc34)ccc1N2c1c(-c2ccccc2)cccc1-c1ccccc1. The van der Waals surface area contributed by atoms with Crippen LogP contribution in [0.2, 0.25) is 0 Å². The van der Waals surface area contributed by atoms with E-state index >= 15 is 0 Å². The van der Waals surface area contributed by atoms with Crippen LogP contribution < -0.4 is 26.2 Å². The summed E-state index contributed by atoms with van der Waals surface area (Å²) in [6.07, 6.45) is 0. The van der Waals surface area contributed by atoms with Gasteiger partial charge in [-0.1, -0.05) is 276 Å². The molecule has 4 heterocycles. The van der Waals surface area contributed by atoms with Gasteiger partial charge in [0.1, 0.15) is 0 Å². The third-order valence-corrected chi connectivity index (χ3v) is 20.7. The van der Waals surface area contributed by atoms with Gasteiger partial charge in [-0.2, -0.15) is 0 Å². The lowest BCUT2D eigenvalue weighted by Gasteiger charge is -2.46. The fourth-order valence-electron chi connectivity index (χ4n) is 14.2.